The highest BCUT2D eigenvalue weighted by atomic mass is 16.1. The largest absolute Gasteiger partial charge is 0.372 e. The van der Waals surface area contributed by atoms with Gasteiger partial charge in [0.2, 0.25) is 0 Å². The molecule has 0 aliphatic heterocycles. The van der Waals surface area contributed by atoms with Crippen LogP contribution in [0.1, 0.15) is 16.1 Å². The van der Waals surface area contributed by atoms with Gasteiger partial charge >= 0.3 is 0 Å². The minimum Gasteiger partial charge on any atom is -0.372 e. The van der Waals surface area contributed by atoms with Crippen LogP contribution >= 0.6 is 0 Å². The van der Waals surface area contributed by atoms with Gasteiger partial charge in [0.05, 0.1) is 18.6 Å². The third kappa shape index (κ3) is 2.77. The molecule has 0 radical (unpaired) electrons. The van der Waals surface area contributed by atoms with Crippen molar-refractivity contribution >= 4 is 11.7 Å². The van der Waals surface area contributed by atoms with E-state index in [0.717, 1.165) is 5.56 Å². The number of rotatable bonds is 4. The van der Waals surface area contributed by atoms with Crippen molar-refractivity contribution in [2.45, 2.75) is 6.54 Å². The van der Waals surface area contributed by atoms with Gasteiger partial charge in [0.15, 0.2) is 0 Å². The van der Waals surface area contributed by atoms with E-state index in [4.69, 9.17) is 0 Å². The van der Waals surface area contributed by atoms with Gasteiger partial charge in [-0.3, -0.25) is 14.9 Å². The molecule has 2 aromatic rings. The first-order valence-corrected chi connectivity index (χ1v) is 5.05. The molecule has 2 aromatic heterocycles. The van der Waals surface area contributed by atoms with Crippen molar-refractivity contribution in [3.8, 4) is 0 Å². The van der Waals surface area contributed by atoms with Crippen LogP contribution in [0, 0.1) is 0 Å². The van der Waals surface area contributed by atoms with Gasteiger partial charge in [0.1, 0.15) is 11.5 Å². The minimum absolute atomic E-state index is 0.268. The third-order valence-corrected chi connectivity index (χ3v) is 2.13. The molecule has 17 heavy (non-hydrogen) atoms. The van der Waals surface area contributed by atoms with E-state index in [9.17, 15) is 4.79 Å². The van der Waals surface area contributed by atoms with Crippen molar-refractivity contribution < 1.29 is 4.79 Å². The van der Waals surface area contributed by atoms with Crippen LogP contribution in [0.25, 0.3) is 0 Å². The Bertz CT molecular complexity index is 495. The van der Waals surface area contributed by atoms with Crippen molar-refractivity contribution in [2.75, 3.05) is 12.4 Å². The first-order chi connectivity index (χ1) is 8.29. The predicted molar refractivity (Wildman–Crippen MR) is 61.3 cm³/mol. The first-order valence-electron chi connectivity index (χ1n) is 5.05. The van der Waals surface area contributed by atoms with E-state index in [1.54, 1.807) is 25.6 Å². The number of H-pyrrole nitrogens is 1. The summed E-state index contributed by atoms with van der Waals surface area (Å²) in [4.78, 5) is 19.7. The number of aromatic amines is 1. The standard InChI is InChI=1S/C10H12N6O/c1-11-9-6-12-5-8(16-9)10(17)13-2-7-3-14-15-4-7/h3-6H,2H2,1H3,(H,11,16)(H,13,17)(H,14,15). The number of carbonyl (C=O) groups is 1. The fourth-order valence-electron chi connectivity index (χ4n) is 1.24. The number of carbonyl (C=O) groups excluding carboxylic acids is 1. The predicted octanol–water partition coefficient (Wildman–Crippen LogP) is 0.171. The molecule has 0 unspecified atom stereocenters. The van der Waals surface area contributed by atoms with Crippen molar-refractivity contribution in [1.29, 1.82) is 0 Å². The Morgan fingerprint density at radius 3 is 3.00 bits per heavy atom. The summed E-state index contributed by atoms with van der Waals surface area (Å²) < 4.78 is 0. The Hall–Kier alpha value is -2.44. The number of anilines is 1. The molecule has 0 saturated carbocycles. The molecule has 0 aromatic carbocycles. The molecule has 0 bridgehead atoms. The van der Waals surface area contributed by atoms with E-state index in [-0.39, 0.29) is 11.6 Å². The number of nitrogens with one attached hydrogen (secondary N) is 3. The van der Waals surface area contributed by atoms with Crippen molar-refractivity contribution in [2.24, 2.45) is 0 Å². The minimum atomic E-state index is -0.268. The highest BCUT2D eigenvalue weighted by Crippen LogP contribution is 2.01. The summed E-state index contributed by atoms with van der Waals surface area (Å²) in [5, 5.41) is 12.0. The van der Waals surface area contributed by atoms with Crippen LogP contribution in [0.4, 0.5) is 5.82 Å². The molecule has 0 saturated heterocycles. The molecule has 0 atom stereocenters. The van der Waals surface area contributed by atoms with Gasteiger partial charge in [0, 0.05) is 25.4 Å². The van der Waals surface area contributed by atoms with Gasteiger partial charge in [-0.15, -0.1) is 0 Å². The zero-order valence-corrected chi connectivity index (χ0v) is 9.27. The Morgan fingerprint density at radius 2 is 2.29 bits per heavy atom. The highest BCUT2D eigenvalue weighted by molar-refractivity contribution is 5.92. The molecule has 0 aliphatic rings. The zero-order chi connectivity index (χ0) is 12.1. The van der Waals surface area contributed by atoms with Crippen LogP contribution in [0.15, 0.2) is 24.8 Å². The van der Waals surface area contributed by atoms with E-state index >= 15 is 0 Å². The van der Waals surface area contributed by atoms with Crippen molar-refractivity contribution in [3.63, 3.8) is 0 Å². The summed E-state index contributed by atoms with van der Waals surface area (Å²) in [7, 11) is 1.72. The second-order valence-electron chi connectivity index (χ2n) is 3.33. The fourth-order valence-corrected chi connectivity index (χ4v) is 1.24. The molecular formula is C10H12N6O. The van der Waals surface area contributed by atoms with Crippen LogP contribution in [0.2, 0.25) is 0 Å². The average molecular weight is 232 g/mol. The molecule has 0 fully saturated rings. The molecule has 7 heteroatoms. The first kappa shape index (κ1) is 11.1. The van der Waals surface area contributed by atoms with Crippen molar-refractivity contribution in [1.82, 2.24) is 25.5 Å². The van der Waals surface area contributed by atoms with Gasteiger partial charge in [-0.2, -0.15) is 5.10 Å². The SMILES string of the molecule is CNc1cncc(C(=O)NCc2cn[nH]c2)n1. The lowest BCUT2D eigenvalue weighted by Crippen LogP contribution is -2.24. The fraction of sp³-hybridized carbons (Fsp3) is 0.200. The summed E-state index contributed by atoms with van der Waals surface area (Å²) in [6, 6.07) is 0. The molecule has 7 nitrogen and oxygen atoms in total. The maximum atomic E-state index is 11.7. The van der Waals surface area contributed by atoms with Crippen molar-refractivity contribution in [3.05, 3.63) is 36.0 Å². The second-order valence-corrected chi connectivity index (χ2v) is 3.33. The van der Waals surface area contributed by atoms with Crippen LogP contribution in [0.5, 0.6) is 0 Å². The number of hydrogen-bond donors (Lipinski definition) is 3. The summed E-state index contributed by atoms with van der Waals surface area (Å²) in [6.45, 7) is 0.404. The Kier molecular flexibility index (Phi) is 3.29. The molecule has 3 N–H and O–H groups in total. The lowest BCUT2D eigenvalue weighted by atomic mass is 10.3. The second kappa shape index (κ2) is 5.06. The monoisotopic (exact) mass is 232 g/mol. The van der Waals surface area contributed by atoms with Gasteiger partial charge in [-0.25, -0.2) is 4.98 Å². The summed E-state index contributed by atoms with van der Waals surface area (Å²) in [5.74, 6) is 0.289. The quantitative estimate of drug-likeness (QED) is 0.698. The number of hydrogen-bond acceptors (Lipinski definition) is 5. The molecule has 0 aliphatic carbocycles. The van der Waals surface area contributed by atoms with E-state index in [0.29, 0.717) is 12.4 Å². The summed E-state index contributed by atoms with van der Waals surface area (Å²) in [6.07, 6.45) is 6.34. The van der Waals surface area contributed by atoms with Crippen LogP contribution in [-0.4, -0.2) is 33.1 Å². The van der Waals surface area contributed by atoms with Crippen LogP contribution < -0.4 is 10.6 Å². The topological polar surface area (TPSA) is 95.6 Å². The van der Waals surface area contributed by atoms with E-state index in [1.807, 2.05) is 0 Å². The van der Waals surface area contributed by atoms with E-state index < -0.39 is 0 Å². The Morgan fingerprint density at radius 1 is 1.41 bits per heavy atom. The number of aromatic nitrogens is 4. The molecule has 88 valence electrons. The molecule has 2 heterocycles. The van der Waals surface area contributed by atoms with Crippen LogP contribution in [-0.2, 0) is 6.54 Å². The van der Waals surface area contributed by atoms with Gasteiger partial charge in [-0.05, 0) is 0 Å². The molecule has 1 amide bonds. The highest BCUT2D eigenvalue weighted by Gasteiger charge is 2.08. The number of amides is 1. The summed E-state index contributed by atoms with van der Waals surface area (Å²) >= 11 is 0. The molecular weight excluding hydrogens is 220 g/mol. The summed E-state index contributed by atoms with van der Waals surface area (Å²) in [5.41, 5.74) is 1.18. The van der Waals surface area contributed by atoms with Gasteiger partial charge < -0.3 is 10.6 Å². The maximum Gasteiger partial charge on any atom is 0.271 e. The Labute approximate surface area is 97.7 Å². The lowest BCUT2D eigenvalue weighted by molar-refractivity contribution is 0.0945. The third-order valence-electron chi connectivity index (χ3n) is 2.13. The van der Waals surface area contributed by atoms with E-state index in [2.05, 4.69) is 30.8 Å². The van der Waals surface area contributed by atoms with Gasteiger partial charge in [0.25, 0.3) is 5.91 Å². The normalized spacial score (nSPS) is 9.94. The molecule has 2 rings (SSSR count). The average Bonchev–Trinajstić information content (AvgIpc) is 2.89. The maximum absolute atomic E-state index is 11.7. The lowest BCUT2D eigenvalue weighted by Gasteiger charge is -2.04. The smallest absolute Gasteiger partial charge is 0.271 e. The zero-order valence-electron chi connectivity index (χ0n) is 9.27. The number of nitrogens with zero attached hydrogens (tertiary/aromatic N) is 3. The van der Waals surface area contributed by atoms with E-state index in [1.165, 1.54) is 6.20 Å². The van der Waals surface area contributed by atoms with Gasteiger partial charge in [-0.1, -0.05) is 0 Å². The Balaban J connectivity index is 1.99. The van der Waals surface area contributed by atoms with Crippen LogP contribution in [0.3, 0.4) is 0 Å². The molecule has 0 spiro atoms.